The Morgan fingerprint density at radius 2 is 2.31 bits per heavy atom. The number of aliphatic hydroxyl groups is 1. The van der Waals surface area contributed by atoms with Crippen LogP contribution in [-0.4, -0.2) is 30.9 Å². The minimum Gasteiger partial charge on any atom is -0.496 e. The van der Waals surface area contributed by atoms with Gasteiger partial charge in [0.1, 0.15) is 5.75 Å². The van der Waals surface area contributed by atoms with Crippen LogP contribution in [0.5, 0.6) is 5.75 Å². The van der Waals surface area contributed by atoms with Gasteiger partial charge in [-0.1, -0.05) is 12.1 Å². The van der Waals surface area contributed by atoms with Gasteiger partial charge >= 0.3 is 0 Å². The predicted octanol–water partition coefficient (Wildman–Crippen LogP) is 1.27. The van der Waals surface area contributed by atoms with Crippen LogP contribution in [0.15, 0.2) is 18.2 Å². The maximum Gasteiger partial charge on any atom is 0.122 e. The Balaban J connectivity index is 2.20. The van der Waals surface area contributed by atoms with E-state index in [4.69, 9.17) is 4.74 Å². The van der Waals surface area contributed by atoms with Crippen LogP contribution in [0.25, 0.3) is 0 Å². The molecule has 3 nitrogen and oxygen atoms in total. The van der Waals surface area contributed by atoms with Gasteiger partial charge in [-0.15, -0.1) is 0 Å². The molecular weight excluding hydrogens is 202 g/mol. The Morgan fingerprint density at radius 1 is 1.50 bits per heavy atom. The molecular formula is C13H19NO2. The van der Waals surface area contributed by atoms with Crippen LogP contribution in [0.4, 0.5) is 0 Å². The highest BCUT2D eigenvalue weighted by molar-refractivity contribution is 5.38. The highest BCUT2D eigenvalue weighted by atomic mass is 16.5. The third kappa shape index (κ3) is 2.36. The molecule has 1 aliphatic rings. The second kappa shape index (κ2) is 4.44. The lowest BCUT2D eigenvalue weighted by molar-refractivity contribution is 0.0612. The first kappa shape index (κ1) is 11.4. The van der Waals surface area contributed by atoms with Gasteiger partial charge in [0.05, 0.1) is 12.7 Å². The van der Waals surface area contributed by atoms with Gasteiger partial charge < -0.3 is 15.2 Å². The number of rotatable bonds is 3. The minimum atomic E-state index is -0.609. The Kier molecular flexibility index (Phi) is 3.17. The van der Waals surface area contributed by atoms with Gasteiger partial charge in [-0.3, -0.25) is 0 Å². The van der Waals surface area contributed by atoms with Crippen molar-refractivity contribution in [1.82, 2.24) is 5.32 Å². The van der Waals surface area contributed by atoms with Crippen LogP contribution >= 0.6 is 0 Å². The molecule has 0 radical (unpaired) electrons. The van der Waals surface area contributed by atoms with Crippen molar-refractivity contribution in [1.29, 1.82) is 0 Å². The summed E-state index contributed by atoms with van der Waals surface area (Å²) >= 11 is 0. The smallest absolute Gasteiger partial charge is 0.122 e. The summed E-state index contributed by atoms with van der Waals surface area (Å²) in [7, 11) is 1.68. The Labute approximate surface area is 96.4 Å². The van der Waals surface area contributed by atoms with Crippen LogP contribution in [-0.2, 0) is 6.42 Å². The molecule has 2 rings (SSSR count). The standard InChI is InChI=1S/C13H19NO2/c1-10-3-4-11(12(7-10)16-2)8-13(15)5-6-14-9-13/h3-4,7,14-15H,5-6,8-9H2,1-2H3. The molecule has 1 aliphatic heterocycles. The molecule has 0 spiro atoms. The molecule has 1 aromatic rings. The summed E-state index contributed by atoms with van der Waals surface area (Å²) in [6, 6.07) is 6.12. The van der Waals surface area contributed by atoms with Crippen molar-refractivity contribution in [2.75, 3.05) is 20.2 Å². The highest BCUT2D eigenvalue weighted by Crippen LogP contribution is 2.27. The van der Waals surface area contributed by atoms with Gasteiger partial charge in [0.2, 0.25) is 0 Å². The fourth-order valence-electron chi connectivity index (χ4n) is 2.23. The summed E-state index contributed by atoms with van der Waals surface area (Å²) in [4.78, 5) is 0. The molecule has 3 heteroatoms. The van der Waals surface area contributed by atoms with E-state index in [2.05, 4.69) is 11.4 Å². The first-order valence-electron chi connectivity index (χ1n) is 5.70. The molecule has 1 aromatic carbocycles. The van der Waals surface area contributed by atoms with E-state index in [-0.39, 0.29) is 0 Å². The van der Waals surface area contributed by atoms with Crippen LogP contribution < -0.4 is 10.1 Å². The largest absolute Gasteiger partial charge is 0.496 e. The molecule has 2 N–H and O–H groups in total. The van der Waals surface area contributed by atoms with Crippen LogP contribution in [0.1, 0.15) is 17.5 Å². The second-order valence-electron chi connectivity index (χ2n) is 4.64. The molecule has 16 heavy (non-hydrogen) atoms. The van der Waals surface area contributed by atoms with Gasteiger partial charge in [-0.2, -0.15) is 0 Å². The molecule has 1 saturated heterocycles. The van der Waals surface area contributed by atoms with Gasteiger partial charge in [0.15, 0.2) is 0 Å². The normalized spacial score (nSPS) is 24.7. The zero-order valence-electron chi connectivity index (χ0n) is 9.92. The third-order valence-corrected chi connectivity index (χ3v) is 3.18. The number of hydrogen-bond acceptors (Lipinski definition) is 3. The molecule has 0 saturated carbocycles. The number of ether oxygens (including phenoxy) is 1. The molecule has 0 bridgehead atoms. The number of β-amino-alcohol motifs (C(OH)–C–C–N with tert-alkyl or cyclic N) is 1. The highest BCUT2D eigenvalue weighted by Gasteiger charge is 2.31. The van der Waals surface area contributed by atoms with E-state index in [1.165, 1.54) is 5.56 Å². The van der Waals surface area contributed by atoms with Crippen molar-refractivity contribution in [2.24, 2.45) is 0 Å². The first-order chi connectivity index (χ1) is 7.63. The van der Waals surface area contributed by atoms with E-state index in [0.29, 0.717) is 13.0 Å². The number of hydrogen-bond donors (Lipinski definition) is 2. The maximum atomic E-state index is 10.3. The molecule has 1 atom stereocenters. The van der Waals surface area contributed by atoms with E-state index in [0.717, 1.165) is 24.3 Å². The second-order valence-corrected chi connectivity index (χ2v) is 4.64. The average molecular weight is 221 g/mol. The summed E-state index contributed by atoms with van der Waals surface area (Å²) in [6.45, 7) is 3.60. The summed E-state index contributed by atoms with van der Waals surface area (Å²) in [5.74, 6) is 0.875. The fourth-order valence-corrected chi connectivity index (χ4v) is 2.23. The maximum absolute atomic E-state index is 10.3. The van der Waals surface area contributed by atoms with Gasteiger partial charge in [0, 0.05) is 13.0 Å². The van der Waals surface area contributed by atoms with E-state index < -0.39 is 5.60 Å². The van der Waals surface area contributed by atoms with Crippen molar-refractivity contribution < 1.29 is 9.84 Å². The monoisotopic (exact) mass is 221 g/mol. The fraction of sp³-hybridized carbons (Fsp3) is 0.538. The first-order valence-corrected chi connectivity index (χ1v) is 5.70. The average Bonchev–Trinajstić information content (AvgIpc) is 2.68. The van der Waals surface area contributed by atoms with Crippen LogP contribution in [0.3, 0.4) is 0 Å². The molecule has 1 fully saturated rings. The lowest BCUT2D eigenvalue weighted by atomic mass is 9.93. The van der Waals surface area contributed by atoms with Gasteiger partial charge in [-0.05, 0) is 37.1 Å². The number of methoxy groups -OCH3 is 1. The molecule has 1 unspecified atom stereocenters. The van der Waals surface area contributed by atoms with Crippen LogP contribution in [0.2, 0.25) is 0 Å². The zero-order valence-corrected chi connectivity index (χ0v) is 9.92. The summed E-state index contributed by atoms with van der Waals surface area (Å²) in [5, 5.41) is 13.5. The Hall–Kier alpha value is -1.06. The number of nitrogens with one attached hydrogen (secondary N) is 1. The summed E-state index contributed by atoms with van der Waals surface area (Å²) in [6.07, 6.45) is 1.47. The van der Waals surface area contributed by atoms with Crippen molar-refractivity contribution >= 4 is 0 Å². The van der Waals surface area contributed by atoms with Crippen molar-refractivity contribution in [3.05, 3.63) is 29.3 Å². The molecule has 88 valence electrons. The van der Waals surface area contributed by atoms with E-state index >= 15 is 0 Å². The van der Waals surface area contributed by atoms with E-state index in [1.54, 1.807) is 7.11 Å². The molecule has 0 aromatic heterocycles. The number of aryl methyl sites for hydroxylation is 1. The van der Waals surface area contributed by atoms with E-state index in [9.17, 15) is 5.11 Å². The predicted molar refractivity (Wildman–Crippen MR) is 63.9 cm³/mol. The topological polar surface area (TPSA) is 41.5 Å². The zero-order chi connectivity index (χ0) is 11.6. The van der Waals surface area contributed by atoms with Gasteiger partial charge in [-0.25, -0.2) is 0 Å². The summed E-state index contributed by atoms with van der Waals surface area (Å²) in [5.41, 5.74) is 1.65. The quantitative estimate of drug-likeness (QED) is 0.807. The van der Waals surface area contributed by atoms with Gasteiger partial charge in [0.25, 0.3) is 0 Å². The van der Waals surface area contributed by atoms with E-state index in [1.807, 2.05) is 19.1 Å². The minimum absolute atomic E-state index is 0.609. The molecule has 0 amide bonds. The third-order valence-electron chi connectivity index (χ3n) is 3.18. The lowest BCUT2D eigenvalue weighted by Crippen LogP contribution is -2.33. The Morgan fingerprint density at radius 3 is 2.94 bits per heavy atom. The summed E-state index contributed by atoms with van der Waals surface area (Å²) < 4.78 is 5.35. The molecule has 1 heterocycles. The van der Waals surface area contributed by atoms with Crippen molar-refractivity contribution in [3.63, 3.8) is 0 Å². The lowest BCUT2D eigenvalue weighted by Gasteiger charge is -2.22. The number of benzene rings is 1. The van der Waals surface area contributed by atoms with Crippen molar-refractivity contribution in [2.45, 2.75) is 25.4 Å². The SMILES string of the molecule is COc1cc(C)ccc1CC1(O)CCNC1. The molecule has 0 aliphatic carbocycles. The van der Waals surface area contributed by atoms with Crippen LogP contribution in [0, 0.1) is 6.92 Å². The van der Waals surface area contributed by atoms with Crippen molar-refractivity contribution in [3.8, 4) is 5.75 Å². The Bertz CT molecular complexity index is 370.